The normalized spacial score (nSPS) is 21.9. The Morgan fingerprint density at radius 3 is 2.57 bits per heavy atom. The molecule has 1 fully saturated rings. The molecule has 2 amide bonds. The summed E-state index contributed by atoms with van der Waals surface area (Å²) in [6.07, 6.45) is 3.32. The van der Waals surface area contributed by atoms with Gasteiger partial charge < -0.3 is 0 Å². The highest BCUT2D eigenvalue weighted by Crippen LogP contribution is 2.40. The molecule has 0 aliphatic carbocycles. The van der Waals surface area contributed by atoms with Crippen molar-refractivity contribution >= 4 is 33.4 Å². The molecule has 2 heterocycles. The highest BCUT2D eigenvalue weighted by Gasteiger charge is 2.50. The SMILES string of the molecule is CC1(c2ccccc2)CC(=O)N(c2ccncc2Br)C1=O. The lowest BCUT2D eigenvalue weighted by Crippen LogP contribution is -2.36. The van der Waals surface area contributed by atoms with Gasteiger partial charge in [-0.3, -0.25) is 14.6 Å². The molecule has 3 rings (SSSR count). The number of hydrogen-bond acceptors (Lipinski definition) is 3. The molecule has 1 atom stereocenters. The van der Waals surface area contributed by atoms with E-state index in [0.29, 0.717) is 10.2 Å². The Kier molecular flexibility index (Phi) is 3.37. The van der Waals surface area contributed by atoms with Gasteiger partial charge in [-0.25, -0.2) is 4.90 Å². The van der Waals surface area contributed by atoms with E-state index in [0.717, 1.165) is 5.56 Å². The number of amides is 2. The zero-order chi connectivity index (χ0) is 15.0. The molecule has 0 spiro atoms. The van der Waals surface area contributed by atoms with Crippen molar-refractivity contribution in [3.8, 4) is 0 Å². The summed E-state index contributed by atoms with van der Waals surface area (Å²) < 4.78 is 0.629. The van der Waals surface area contributed by atoms with E-state index < -0.39 is 5.41 Å². The minimum absolute atomic E-state index is 0.171. The van der Waals surface area contributed by atoms with Crippen LogP contribution in [0, 0.1) is 0 Å². The first-order chi connectivity index (χ1) is 10.0. The molecule has 0 radical (unpaired) electrons. The summed E-state index contributed by atoms with van der Waals surface area (Å²) in [5, 5.41) is 0. The number of rotatable bonds is 2. The fourth-order valence-corrected chi connectivity index (χ4v) is 3.07. The zero-order valence-electron chi connectivity index (χ0n) is 11.4. The van der Waals surface area contributed by atoms with E-state index in [2.05, 4.69) is 20.9 Å². The number of carbonyl (C=O) groups excluding carboxylic acids is 2. The Bertz CT molecular complexity index is 717. The van der Waals surface area contributed by atoms with Gasteiger partial charge in [0.05, 0.1) is 15.6 Å². The Balaban J connectivity index is 2.06. The van der Waals surface area contributed by atoms with E-state index >= 15 is 0 Å². The van der Waals surface area contributed by atoms with Gasteiger partial charge in [-0.15, -0.1) is 0 Å². The van der Waals surface area contributed by atoms with Crippen molar-refractivity contribution in [1.29, 1.82) is 0 Å². The van der Waals surface area contributed by atoms with Gasteiger partial charge in [0.1, 0.15) is 0 Å². The fraction of sp³-hybridized carbons (Fsp3) is 0.188. The quantitative estimate of drug-likeness (QED) is 0.786. The monoisotopic (exact) mass is 344 g/mol. The zero-order valence-corrected chi connectivity index (χ0v) is 13.0. The van der Waals surface area contributed by atoms with Gasteiger partial charge in [0.2, 0.25) is 11.8 Å². The first-order valence-electron chi connectivity index (χ1n) is 6.56. The summed E-state index contributed by atoms with van der Waals surface area (Å²) in [5.74, 6) is -0.399. The van der Waals surface area contributed by atoms with Crippen LogP contribution in [0.3, 0.4) is 0 Å². The van der Waals surface area contributed by atoms with Crippen molar-refractivity contribution in [2.24, 2.45) is 0 Å². The molecule has 1 saturated heterocycles. The van der Waals surface area contributed by atoms with Crippen LogP contribution in [0.5, 0.6) is 0 Å². The number of hydrogen-bond donors (Lipinski definition) is 0. The van der Waals surface area contributed by atoms with Crippen LogP contribution >= 0.6 is 15.9 Å². The molecule has 0 saturated carbocycles. The third kappa shape index (κ3) is 2.17. The van der Waals surface area contributed by atoms with E-state index in [-0.39, 0.29) is 18.2 Å². The Labute approximate surface area is 130 Å². The second kappa shape index (κ2) is 5.07. The van der Waals surface area contributed by atoms with Gasteiger partial charge in [0.25, 0.3) is 0 Å². The molecule has 1 unspecified atom stereocenters. The summed E-state index contributed by atoms with van der Waals surface area (Å²) >= 11 is 3.35. The summed E-state index contributed by atoms with van der Waals surface area (Å²) in [7, 11) is 0. The van der Waals surface area contributed by atoms with Crippen molar-refractivity contribution in [3.05, 3.63) is 58.8 Å². The van der Waals surface area contributed by atoms with E-state index in [1.165, 1.54) is 4.90 Å². The minimum Gasteiger partial charge on any atom is -0.274 e. The largest absolute Gasteiger partial charge is 0.274 e. The average Bonchev–Trinajstić information content (AvgIpc) is 2.72. The molecule has 1 aromatic carbocycles. The summed E-state index contributed by atoms with van der Waals surface area (Å²) in [6, 6.07) is 11.1. The third-order valence-electron chi connectivity index (χ3n) is 3.83. The first kappa shape index (κ1) is 13.9. The summed E-state index contributed by atoms with van der Waals surface area (Å²) in [5.41, 5.74) is 0.580. The van der Waals surface area contributed by atoms with Crippen LogP contribution in [0.4, 0.5) is 5.69 Å². The standard InChI is InChI=1S/C16H13BrN2O2/c1-16(11-5-3-2-4-6-11)9-14(20)19(15(16)21)13-7-8-18-10-12(13)17/h2-8,10H,9H2,1H3. The smallest absolute Gasteiger partial charge is 0.244 e. The van der Waals surface area contributed by atoms with Crippen molar-refractivity contribution in [1.82, 2.24) is 4.98 Å². The lowest BCUT2D eigenvalue weighted by Gasteiger charge is -2.23. The molecular weight excluding hydrogens is 332 g/mol. The van der Waals surface area contributed by atoms with Crippen LogP contribution in [0.2, 0.25) is 0 Å². The molecule has 5 heteroatoms. The molecular formula is C16H13BrN2O2. The maximum absolute atomic E-state index is 12.9. The Morgan fingerprint density at radius 2 is 1.90 bits per heavy atom. The molecule has 4 nitrogen and oxygen atoms in total. The molecule has 1 aliphatic heterocycles. The van der Waals surface area contributed by atoms with Crippen LogP contribution in [0.15, 0.2) is 53.3 Å². The van der Waals surface area contributed by atoms with Crippen molar-refractivity contribution in [2.45, 2.75) is 18.8 Å². The van der Waals surface area contributed by atoms with E-state index in [1.54, 1.807) is 18.5 Å². The van der Waals surface area contributed by atoms with Gasteiger partial charge in [0.15, 0.2) is 0 Å². The fourth-order valence-electron chi connectivity index (χ4n) is 2.64. The number of aromatic nitrogens is 1. The van der Waals surface area contributed by atoms with Crippen LogP contribution < -0.4 is 4.90 Å². The van der Waals surface area contributed by atoms with E-state index in [9.17, 15) is 9.59 Å². The van der Waals surface area contributed by atoms with Crippen LogP contribution in [-0.2, 0) is 15.0 Å². The lowest BCUT2D eigenvalue weighted by molar-refractivity contribution is -0.122. The second-order valence-corrected chi connectivity index (χ2v) is 6.09. The minimum atomic E-state index is -0.818. The number of pyridine rings is 1. The topological polar surface area (TPSA) is 50.3 Å². The number of nitrogens with zero attached hydrogens (tertiary/aromatic N) is 2. The summed E-state index contributed by atoms with van der Waals surface area (Å²) in [4.78, 5) is 30.5. The predicted molar refractivity (Wildman–Crippen MR) is 82.8 cm³/mol. The van der Waals surface area contributed by atoms with Gasteiger partial charge in [-0.2, -0.15) is 0 Å². The van der Waals surface area contributed by atoms with Gasteiger partial charge in [0, 0.05) is 18.8 Å². The second-order valence-electron chi connectivity index (χ2n) is 5.24. The van der Waals surface area contributed by atoms with Crippen LogP contribution in [-0.4, -0.2) is 16.8 Å². The average molecular weight is 345 g/mol. The number of benzene rings is 1. The van der Waals surface area contributed by atoms with Crippen molar-refractivity contribution in [2.75, 3.05) is 4.90 Å². The van der Waals surface area contributed by atoms with E-state index in [1.807, 2.05) is 37.3 Å². The molecule has 21 heavy (non-hydrogen) atoms. The first-order valence-corrected chi connectivity index (χ1v) is 7.36. The maximum Gasteiger partial charge on any atom is 0.244 e. The lowest BCUT2D eigenvalue weighted by atomic mass is 9.81. The molecule has 0 N–H and O–H groups in total. The van der Waals surface area contributed by atoms with Crippen molar-refractivity contribution < 1.29 is 9.59 Å². The third-order valence-corrected chi connectivity index (χ3v) is 4.44. The molecule has 1 aromatic heterocycles. The Hall–Kier alpha value is -2.01. The number of imide groups is 1. The molecule has 1 aliphatic rings. The van der Waals surface area contributed by atoms with Gasteiger partial charge >= 0.3 is 0 Å². The van der Waals surface area contributed by atoms with Gasteiger partial charge in [-0.05, 0) is 34.5 Å². The maximum atomic E-state index is 12.9. The highest BCUT2D eigenvalue weighted by atomic mass is 79.9. The molecule has 2 aromatic rings. The number of halogens is 1. The Morgan fingerprint density at radius 1 is 1.19 bits per heavy atom. The molecule has 0 bridgehead atoms. The van der Waals surface area contributed by atoms with Crippen LogP contribution in [0.1, 0.15) is 18.9 Å². The van der Waals surface area contributed by atoms with Crippen LogP contribution in [0.25, 0.3) is 0 Å². The van der Waals surface area contributed by atoms with Gasteiger partial charge in [-0.1, -0.05) is 30.3 Å². The summed E-state index contributed by atoms with van der Waals surface area (Å²) in [6.45, 7) is 1.82. The molecule has 106 valence electrons. The van der Waals surface area contributed by atoms with Crippen molar-refractivity contribution in [3.63, 3.8) is 0 Å². The van der Waals surface area contributed by atoms with E-state index in [4.69, 9.17) is 0 Å². The number of carbonyl (C=O) groups is 2. The predicted octanol–water partition coefficient (Wildman–Crippen LogP) is 3.07. The highest BCUT2D eigenvalue weighted by molar-refractivity contribution is 9.10. The number of anilines is 1.